The minimum atomic E-state index is -0.481. The van der Waals surface area contributed by atoms with Gasteiger partial charge < -0.3 is 23.0 Å². The lowest BCUT2D eigenvalue weighted by Crippen LogP contribution is -3.05. The molecule has 0 saturated heterocycles. The van der Waals surface area contributed by atoms with E-state index in [2.05, 4.69) is 33.3 Å². The van der Waals surface area contributed by atoms with Gasteiger partial charge in [0.05, 0.1) is 20.6 Å². The van der Waals surface area contributed by atoms with Crippen molar-refractivity contribution in [1.29, 1.82) is 0 Å². The van der Waals surface area contributed by atoms with Gasteiger partial charge in [0, 0.05) is 0 Å². The van der Waals surface area contributed by atoms with Gasteiger partial charge in [0.2, 0.25) is 5.91 Å². The zero-order valence-electron chi connectivity index (χ0n) is 7.36. The molecule has 0 unspecified atom stereocenters. The zero-order chi connectivity index (χ0) is 8.57. The molecule has 1 amide bonds. The molecular weight excluding hydrogens is 164 g/mol. The topological polar surface area (TPSA) is 47.5 Å². The fourth-order valence-corrected chi connectivity index (χ4v) is 0. The number of nitrogens with two attached hydrogens (primary N) is 1. The molecule has 3 N–H and O–H groups in total. The van der Waals surface area contributed by atoms with Gasteiger partial charge >= 0.3 is 0 Å². The third kappa shape index (κ3) is 44.0. The normalized spacial score (nSPS) is 7.27. The van der Waals surface area contributed by atoms with Gasteiger partial charge in [-0.25, -0.2) is 0 Å². The molecule has 0 aliphatic heterocycles. The lowest BCUT2D eigenvalue weighted by atomic mass is 10.6. The van der Waals surface area contributed by atoms with E-state index in [1.54, 1.807) is 0 Å². The number of hydrogen-bond acceptors (Lipinski definition) is 1. The van der Waals surface area contributed by atoms with Crippen molar-refractivity contribution >= 4 is 5.91 Å². The first-order chi connectivity index (χ1) is 4.54. The molecule has 0 radical (unpaired) electrons. The highest BCUT2D eigenvalue weighted by molar-refractivity contribution is 5.84. The molecule has 0 aromatic rings. The fraction of sp³-hybridized carbons (Fsp3) is 0.571. The highest BCUT2D eigenvalue weighted by Crippen LogP contribution is 1.48. The first kappa shape index (κ1) is 16.8. The van der Waals surface area contributed by atoms with E-state index in [4.69, 9.17) is 0 Å². The first-order valence-corrected chi connectivity index (χ1v) is 3.25. The SMILES string of the molecule is C=CC(N)=O.CC[NH+](C)C.[Cl-]. The zero-order valence-corrected chi connectivity index (χ0v) is 8.11. The van der Waals surface area contributed by atoms with E-state index in [1.807, 2.05) is 0 Å². The van der Waals surface area contributed by atoms with E-state index in [1.165, 1.54) is 11.4 Å². The van der Waals surface area contributed by atoms with Crippen LogP contribution in [-0.2, 0) is 4.79 Å². The molecule has 0 atom stereocenters. The lowest BCUT2D eigenvalue weighted by molar-refractivity contribution is -0.856. The van der Waals surface area contributed by atoms with Crippen molar-refractivity contribution in [3.05, 3.63) is 12.7 Å². The van der Waals surface area contributed by atoms with Gasteiger partial charge in [-0.15, -0.1) is 0 Å². The Morgan fingerprint density at radius 3 is 1.82 bits per heavy atom. The maximum atomic E-state index is 9.47. The van der Waals surface area contributed by atoms with Crippen LogP contribution in [0.2, 0.25) is 0 Å². The quantitative estimate of drug-likeness (QED) is 0.417. The van der Waals surface area contributed by atoms with Crippen molar-refractivity contribution < 1.29 is 22.1 Å². The van der Waals surface area contributed by atoms with E-state index >= 15 is 0 Å². The van der Waals surface area contributed by atoms with E-state index < -0.39 is 5.91 Å². The molecule has 0 aliphatic rings. The summed E-state index contributed by atoms with van der Waals surface area (Å²) >= 11 is 0. The number of nitrogens with one attached hydrogen (secondary N) is 1. The predicted octanol–water partition coefficient (Wildman–Crippen LogP) is -4.19. The highest BCUT2D eigenvalue weighted by Gasteiger charge is 1.75. The van der Waals surface area contributed by atoms with Crippen molar-refractivity contribution in [2.45, 2.75) is 6.92 Å². The van der Waals surface area contributed by atoms with Crippen LogP contribution >= 0.6 is 0 Å². The minimum absolute atomic E-state index is 0. The summed E-state index contributed by atoms with van der Waals surface area (Å²) in [6, 6.07) is 0. The molecule has 0 aromatic carbocycles. The van der Waals surface area contributed by atoms with Crippen LogP contribution in [-0.4, -0.2) is 26.5 Å². The van der Waals surface area contributed by atoms with Crippen LogP contribution in [0.4, 0.5) is 0 Å². The average molecular weight is 181 g/mol. The Labute approximate surface area is 74.7 Å². The molecule has 0 bridgehead atoms. The van der Waals surface area contributed by atoms with Crippen LogP contribution in [0.3, 0.4) is 0 Å². The molecule has 4 heteroatoms. The Hall–Kier alpha value is -0.540. The first-order valence-electron chi connectivity index (χ1n) is 3.25. The van der Waals surface area contributed by atoms with E-state index in [9.17, 15) is 4.79 Å². The van der Waals surface area contributed by atoms with Crippen LogP contribution < -0.4 is 23.0 Å². The van der Waals surface area contributed by atoms with Gasteiger partial charge in [0.15, 0.2) is 0 Å². The highest BCUT2D eigenvalue weighted by atomic mass is 35.5. The maximum Gasteiger partial charge on any atom is 0.240 e. The molecule has 0 saturated carbocycles. The van der Waals surface area contributed by atoms with Crippen molar-refractivity contribution in [3.8, 4) is 0 Å². The summed E-state index contributed by atoms with van der Waals surface area (Å²) in [5.74, 6) is -0.481. The van der Waals surface area contributed by atoms with Crippen LogP contribution in [0.1, 0.15) is 6.92 Å². The Balaban J connectivity index is -0.000000107. The largest absolute Gasteiger partial charge is 1.00 e. The number of rotatable bonds is 2. The summed E-state index contributed by atoms with van der Waals surface area (Å²) < 4.78 is 0. The molecule has 0 rings (SSSR count). The smallest absolute Gasteiger partial charge is 0.240 e. The molecular formula is C7H17ClN2O. The molecule has 0 spiro atoms. The van der Waals surface area contributed by atoms with Gasteiger partial charge in [-0.2, -0.15) is 0 Å². The second kappa shape index (κ2) is 12.2. The monoisotopic (exact) mass is 180 g/mol. The standard InChI is InChI=1S/C4H11N.C3H5NO.ClH/c1-4-5(2)3;1-2-3(4)5;/h4H2,1-3H3;2H,1H2,(H2,4,5);1H. The molecule has 0 aliphatic carbocycles. The van der Waals surface area contributed by atoms with E-state index in [0.717, 1.165) is 6.08 Å². The molecule has 0 heterocycles. The number of hydrogen-bond donors (Lipinski definition) is 2. The van der Waals surface area contributed by atoms with Gasteiger partial charge in [0.25, 0.3) is 0 Å². The predicted molar refractivity (Wildman–Crippen MR) is 42.7 cm³/mol. The Morgan fingerprint density at radius 1 is 1.64 bits per heavy atom. The molecule has 3 nitrogen and oxygen atoms in total. The van der Waals surface area contributed by atoms with Crippen LogP contribution in [0.25, 0.3) is 0 Å². The molecule has 0 aromatic heterocycles. The Kier molecular flexibility index (Phi) is 18.6. The number of quaternary nitrogens is 1. The summed E-state index contributed by atoms with van der Waals surface area (Å²) in [5, 5.41) is 0. The summed E-state index contributed by atoms with van der Waals surface area (Å²) in [6.07, 6.45) is 1.06. The second-order valence-corrected chi connectivity index (χ2v) is 2.17. The lowest BCUT2D eigenvalue weighted by Gasteiger charge is -1.97. The third-order valence-corrected chi connectivity index (χ3v) is 0.908. The van der Waals surface area contributed by atoms with Gasteiger partial charge in [-0.05, 0) is 13.0 Å². The van der Waals surface area contributed by atoms with Crippen molar-refractivity contribution in [1.82, 2.24) is 0 Å². The number of carbonyl (C=O) groups excluding carboxylic acids is 1. The summed E-state index contributed by atoms with van der Waals surface area (Å²) in [7, 11) is 4.28. The molecule has 11 heavy (non-hydrogen) atoms. The summed E-state index contributed by atoms with van der Waals surface area (Å²) in [4.78, 5) is 11.0. The van der Waals surface area contributed by atoms with E-state index in [-0.39, 0.29) is 12.4 Å². The van der Waals surface area contributed by atoms with Crippen molar-refractivity contribution in [3.63, 3.8) is 0 Å². The third-order valence-electron chi connectivity index (χ3n) is 0.908. The van der Waals surface area contributed by atoms with Gasteiger partial charge in [-0.1, -0.05) is 6.58 Å². The summed E-state index contributed by atoms with van der Waals surface area (Å²) in [6.45, 7) is 6.47. The average Bonchev–Trinajstić information content (AvgIpc) is 1.89. The number of carbonyl (C=O) groups is 1. The molecule has 68 valence electrons. The second-order valence-electron chi connectivity index (χ2n) is 2.17. The molecule has 0 fully saturated rings. The number of amides is 1. The Bertz CT molecular complexity index is 105. The van der Waals surface area contributed by atoms with Crippen molar-refractivity contribution in [2.75, 3.05) is 20.6 Å². The number of primary amides is 1. The van der Waals surface area contributed by atoms with Gasteiger partial charge in [0.1, 0.15) is 0 Å². The van der Waals surface area contributed by atoms with Crippen LogP contribution in [0.15, 0.2) is 12.7 Å². The maximum absolute atomic E-state index is 9.47. The van der Waals surface area contributed by atoms with Crippen LogP contribution in [0.5, 0.6) is 0 Å². The number of halogens is 1. The minimum Gasteiger partial charge on any atom is -1.00 e. The fourth-order valence-electron chi connectivity index (χ4n) is 0. The van der Waals surface area contributed by atoms with Gasteiger partial charge in [-0.3, -0.25) is 4.79 Å². The van der Waals surface area contributed by atoms with Crippen LogP contribution in [0, 0.1) is 0 Å². The van der Waals surface area contributed by atoms with E-state index in [0.29, 0.717) is 0 Å². The van der Waals surface area contributed by atoms with Crippen molar-refractivity contribution in [2.24, 2.45) is 5.73 Å². The Morgan fingerprint density at radius 2 is 1.82 bits per heavy atom. The summed E-state index contributed by atoms with van der Waals surface area (Å²) in [5.41, 5.74) is 4.53.